The summed E-state index contributed by atoms with van der Waals surface area (Å²) in [7, 11) is 0. The van der Waals surface area contributed by atoms with Crippen molar-refractivity contribution in [3.8, 4) is 0 Å². The second kappa shape index (κ2) is 8.20. The zero-order valence-electron chi connectivity index (χ0n) is 13.7. The summed E-state index contributed by atoms with van der Waals surface area (Å²) in [4.78, 5) is 34.3. The van der Waals surface area contributed by atoms with Gasteiger partial charge in [-0.2, -0.15) is 0 Å². The molecule has 9 heteroatoms. The number of carbonyl (C=O) groups is 2. The van der Waals surface area contributed by atoms with Crippen LogP contribution in [0.2, 0.25) is 5.02 Å². The van der Waals surface area contributed by atoms with E-state index in [1.165, 1.54) is 11.1 Å². The summed E-state index contributed by atoms with van der Waals surface area (Å²) in [6, 6.07) is 6.72. The van der Waals surface area contributed by atoms with Crippen LogP contribution in [0, 0.1) is 5.92 Å². The Morgan fingerprint density at radius 2 is 2.23 bits per heavy atom. The number of imidazole rings is 1. The van der Waals surface area contributed by atoms with E-state index in [0.29, 0.717) is 17.3 Å². The van der Waals surface area contributed by atoms with E-state index in [0.717, 1.165) is 13.0 Å². The SMILES string of the molecule is O=C1NC(=S)N(c2cccc(Cl)c2)C(=O)[C@H]1C=NCCCn1ccnc1. The lowest BCUT2D eigenvalue weighted by Crippen LogP contribution is -2.58. The minimum Gasteiger partial charge on any atom is -0.337 e. The first-order valence-corrected chi connectivity index (χ1v) is 8.75. The Morgan fingerprint density at radius 1 is 1.38 bits per heavy atom. The minimum atomic E-state index is -1.02. The largest absolute Gasteiger partial charge is 0.337 e. The van der Waals surface area contributed by atoms with Crippen molar-refractivity contribution in [1.29, 1.82) is 0 Å². The van der Waals surface area contributed by atoms with Crippen molar-refractivity contribution in [2.75, 3.05) is 11.4 Å². The summed E-state index contributed by atoms with van der Waals surface area (Å²) < 4.78 is 1.94. The van der Waals surface area contributed by atoms with Crippen LogP contribution >= 0.6 is 23.8 Å². The molecule has 2 aromatic rings. The normalized spacial score (nSPS) is 17.8. The number of anilines is 1. The maximum absolute atomic E-state index is 12.7. The molecule has 26 heavy (non-hydrogen) atoms. The molecule has 7 nitrogen and oxygen atoms in total. The van der Waals surface area contributed by atoms with Gasteiger partial charge in [0.2, 0.25) is 5.91 Å². The fraction of sp³-hybridized carbons (Fsp3) is 0.235. The van der Waals surface area contributed by atoms with Crippen LogP contribution in [0.4, 0.5) is 5.69 Å². The maximum atomic E-state index is 12.7. The van der Waals surface area contributed by atoms with Crippen molar-refractivity contribution >= 4 is 52.6 Å². The van der Waals surface area contributed by atoms with Gasteiger partial charge in [-0.1, -0.05) is 17.7 Å². The molecule has 2 heterocycles. The quantitative estimate of drug-likeness (QED) is 0.355. The Balaban J connectivity index is 1.66. The molecule has 0 saturated carbocycles. The molecule has 1 aliphatic rings. The average Bonchev–Trinajstić information content (AvgIpc) is 3.10. The van der Waals surface area contributed by atoms with E-state index in [1.807, 2.05) is 10.8 Å². The number of benzene rings is 1. The van der Waals surface area contributed by atoms with Crippen molar-refractivity contribution in [2.45, 2.75) is 13.0 Å². The molecule has 0 radical (unpaired) electrons. The van der Waals surface area contributed by atoms with Gasteiger partial charge in [-0.15, -0.1) is 0 Å². The van der Waals surface area contributed by atoms with Gasteiger partial charge < -0.3 is 9.88 Å². The van der Waals surface area contributed by atoms with E-state index in [-0.39, 0.29) is 5.11 Å². The van der Waals surface area contributed by atoms with Crippen LogP contribution in [-0.2, 0) is 16.1 Å². The van der Waals surface area contributed by atoms with Crippen LogP contribution in [0.25, 0.3) is 0 Å². The molecular formula is C17H16ClN5O2S. The Hall–Kier alpha value is -2.58. The van der Waals surface area contributed by atoms with E-state index < -0.39 is 17.7 Å². The third kappa shape index (κ3) is 4.14. The number of rotatable bonds is 6. The molecule has 0 bridgehead atoms. The highest BCUT2D eigenvalue weighted by molar-refractivity contribution is 7.80. The van der Waals surface area contributed by atoms with Gasteiger partial charge in [0.15, 0.2) is 11.0 Å². The van der Waals surface area contributed by atoms with Gasteiger partial charge in [0.1, 0.15) is 0 Å². The first kappa shape index (κ1) is 18.2. The Morgan fingerprint density at radius 3 is 2.96 bits per heavy atom. The van der Waals surface area contributed by atoms with E-state index in [4.69, 9.17) is 23.8 Å². The molecular weight excluding hydrogens is 374 g/mol. The Kier molecular flexibility index (Phi) is 5.75. The molecule has 1 N–H and O–H groups in total. The highest BCUT2D eigenvalue weighted by Crippen LogP contribution is 2.23. The summed E-state index contributed by atoms with van der Waals surface area (Å²) >= 11 is 11.1. The number of carbonyl (C=O) groups excluding carboxylic acids is 2. The van der Waals surface area contributed by atoms with Crippen molar-refractivity contribution in [2.24, 2.45) is 10.9 Å². The summed E-state index contributed by atoms with van der Waals surface area (Å²) in [6.07, 6.45) is 7.45. The van der Waals surface area contributed by atoms with Crippen molar-refractivity contribution in [1.82, 2.24) is 14.9 Å². The van der Waals surface area contributed by atoms with Crippen molar-refractivity contribution in [3.63, 3.8) is 0 Å². The van der Waals surface area contributed by atoms with E-state index >= 15 is 0 Å². The molecule has 1 saturated heterocycles. The molecule has 0 spiro atoms. The highest BCUT2D eigenvalue weighted by Gasteiger charge is 2.38. The second-order valence-corrected chi connectivity index (χ2v) is 6.46. The predicted octanol–water partition coefficient (Wildman–Crippen LogP) is 2.06. The Labute approximate surface area is 160 Å². The Bertz CT molecular complexity index is 853. The molecule has 2 amide bonds. The van der Waals surface area contributed by atoms with Crippen LogP contribution < -0.4 is 10.2 Å². The molecule has 1 fully saturated rings. The van der Waals surface area contributed by atoms with Crippen LogP contribution in [0.5, 0.6) is 0 Å². The second-order valence-electron chi connectivity index (χ2n) is 5.63. The number of aliphatic imine (C=N–C) groups is 1. The van der Waals surface area contributed by atoms with Gasteiger partial charge in [-0.3, -0.25) is 19.5 Å². The molecule has 1 atom stereocenters. The zero-order chi connectivity index (χ0) is 18.5. The molecule has 1 aliphatic heterocycles. The third-order valence-corrected chi connectivity index (χ3v) is 4.31. The summed E-state index contributed by atoms with van der Waals surface area (Å²) in [5, 5.41) is 3.05. The van der Waals surface area contributed by atoms with E-state index in [9.17, 15) is 9.59 Å². The van der Waals surface area contributed by atoms with Crippen molar-refractivity contribution < 1.29 is 9.59 Å². The molecule has 3 rings (SSSR count). The smallest absolute Gasteiger partial charge is 0.251 e. The number of thiocarbonyl (C=S) groups is 1. The number of halogens is 1. The number of hydrogen-bond donors (Lipinski definition) is 1. The van der Waals surface area contributed by atoms with Gasteiger partial charge in [-0.05, 0) is 36.8 Å². The number of hydrogen-bond acceptors (Lipinski definition) is 5. The van der Waals surface area contributed by atoms with E-state index in [1.54, 1.807) is 36.8 Å². The van der Waals surface area contributed by atoms with Gasteiger partial charge in [0, 0.05) is 36.7 Å². The predicted molar refractivity (Wildman–Crippen MR) is 103 cm³/mol. The minimum absolute atomic E-state index is 0.0343. The molecule has 1 aromatic heterocycles. The molecule has 0 unspecified atom stereocenters. The van der Waals surface area contributed by atoms with Crippen LogP contribution in [0.3, 0.4) is 0 Å². The van der Waals surface area contributed by atoms with Crippen LogP contribution in [0.1, 0.15) is 6.42 Å². The highest BCUT2D eigenvalue weighted by atomic mass is 35.5. The third-order valence-electron chi connectivity index (χ3n) is 3.79. The van der Waals surface area contributed by atoms with Crippen LogP contribution in [-0.4, -0.2) is 39.2 Å². The maximum Gasteiger partial charge on any atom is 0.251 e. The lowest BCUT2D eigenvalue weighted by Gasteiger charge is -2.31. The first-order valence-electron chi connectivity index (χ1n) is 7.96. The fourth-order valence-electron chi connectivity index (χ4n) is 2.53. The zero-order valence-corrected chi connectivity index (χ0v) is 15.3. The molecule has 0 aliphatic carbocycles. The monoisotopic (exact) mass is 389 g/mol. The lowest BCUT2D eigenvalue weighted by molar-refractivity contribution is -0.130. The first-order chi connectivity index (χ1) is 12.6. The van der Waals surface area contributed by atoms with Gasteiger partial charge in [0.05, 0.1) is 12.0 Å². The molecule has 134 valence electrons. The number of amides is 2. The van der Waals surface area contributed by atoms with E-state index in [2.05, 4.69) is 15.3 Å². The number of nitrogens with one attached hydrogen (secondary N) is 1. The van der Waals surface area contributed by atoms with Gasteiger partial charge >= 0.3 is 0 Å². The van der Waals surface area contributed by atoms with Crippen LogP contribution in [0.15, 0.2) is 48.0 Å². The number of aromatic nitrogens is 2. The lowest BCUT2D eigenvalue weighted by atomic mass is 10.1. The van der Waals surface area contributed by atoms with Gasteiger partial charge in [-0.25, -0.2) is 4.98 Å². The topological polar surface area (TPSA) is 79.6 Å². The number of nitrogens with zero attached hydrogens (tertiary/aromatic N) is 4. The summed E-state index contributed by atoms with van der Waals surface area (Å²) in [6.45, 7) is 1.26. The standard InChI is InChI=1S/C17H16ClN5O2S/c18-12-3-1-4-13(9-12)23-16(25)14(15(24)21-17(23)26)10-19-5-2-7-22-8-6-20-11-22/h1,3-4,6,8-11,14H,2,5,7H2,(H,21,24,26)/t14-/m0/s1. The van der Waals surface area contributed by atoms with Crippen molar-refractivity contribution in [3.05, 3.63) is 48.0 Å². The number of aryl methyl sites for hydroxylation is 1. The fourth-order valence-corrected chi connectivity index (χ4v) is 3.01. The summed E-state index contributed by atoms with van der Waals surface area (Å²) in [5.74, 6) is -1.94. The average molecular weight is 390 g/mol. The molecule has 1 aromatic carbocycles. The summed E-state index contributed by atoms with van der Waals surface area (Å²) in [5.41, 5.74) is 0.506. The van der Waals surface area contributed by atoms with Gasteiger partial charge in [0.25, 0.3) is 5.91 Å².